The van der Waals surface area contributed by atoms with Gasteiger partial charge < -0.3 is 0 Å². The first-order valence-corrected chi connectivity index (χ1v) is 20.7. The lowest BCUT2D eigenvalue weighted by Crippen LogP contribution is -2.15. The third kappa shape index (κ3) is 6.67. The van der Waals surface area contributed by atoms with E-state index in [1.807, 2.05) is 54.6 Å². The molecule has 5 heteroatoms. The molecule has 8 aromatic carbocycles. The maximum atomic E-state index is 5.20. The molecule has 0 spiro atoms. The second-order valence-corrected chi connectivity index (χ2v) is 16.2. The van der Waals surface area contributed by atoms with Crippen LogP contribution in [-0.2, 0) is 5.41 Å². The highest BCUT2D eigenvalue weighted by molar-refractivity contribution is 5.94. The quantitative estimate of drug-likeness (QED) is 0.161. The zero-order valence-electron chi connectivity index (χ0n) is 33.8. The Hall–Kier alpha value is -7.89. The van der Waals surface area contributed by atoms with Gasteiger partial charge in [0.2, 0.25) is 0 Å². The lowest BCUT2D eigenvalue weighted by Gasteiger charge is -2.22. The molecule has 5 nitrogen and oxygen atoms in total. The van der Waals surface area contributed by atoms with Crippen molar-refractivity contribution < 1.29 is 0 Å². The van der Waals surface area contributed by atoms with E-state index in [0.29, 0.717) is 23.3 Å². The predicted octanol–water partition coefficient (Wildman–Crippen LogP) is 13.8. The minimum absolute atomic E-state index is 0.191. The number of hydrogen-bond donors (Lipinski definition) is 0. The van der Waals surface area contributed by atoms with Gasteiger partial charge in [-0.2, -0.15) is 0 Å². The summed E-state index contributed by atoms with van der Waals surface area (Å²) in [5, 5.41) is 2.51. The van der Waals surface area contributed by atoms with E-state index < -0.39 is 0 Å². The zero-order valence-corrected chi connectivity index (χ0v) is 33.8. The van der Waals surface area contributed by atoms with Gasteiger partial charge in [-0.1, -0.05) is 178 Å². The lowest BCUT2D eigenvalue weighted by atomic mass is 9.81. The highest BCUT2D eigenvalue weighted by atomic mass is 15.0. The van der Waals surface area contributed by atoms with Gasteiger partial charge in [0.25, 0.3) is 0 Å². The highest BCUT2D eigenvalue weighted by Crippen LogP contribution is 2.50. The molecule has 0 aliphatic heterocycles. The molecule has 0 fully saturated rings. The molecular weight excluding hydrogens is 743 g/mol. The van der Waals surface area contributed by atoms with E-state index >= 15 is 0 Å². The molecule has 0 saturated heterocycles. The van der Waals surface area contributed by atoms with Crippen LogP contribution in [0.4, 0.5) is 0 Å². The Kier molecular flexibility index (Phi) is 8.75. The van der Waals surface area contributed by atoms with Gasteiger partial charge in [-0.15, -0.1) is 0 Å². The standard InChI is InChI=1S/C56H39N5/c1-56(2)48-34-45(28-29-46(48)47-32-41-22-12-13-23-42(41)33-49(47)56)55-60-53(38-20-10-5-11-21-38)59-54(61-55)44-27-15-25-40(31-44)39-24-14-26-43(30-39)51-35-50(36-16-6-3-7-17-36)57-52(58-51)37-18-8-4-9-19-37/h3-35H,1-2H3. The van der Waals surface area contributed by atoms with Crippen LogP contribution in [0.5, 0.6) is 0 Å². The van der Waals surface area contributed by atoms with Crippen molar-refractivity contribution in [2.45, 2.75) is 19.3 Å². The van der Waals surface area contributed by atoms with Crippen molar-refractivity contribution in [1.29, 1.82) is 0 Å². The average Bonchev–Trinajstić information content (AvgIpc) is 3.55. The number of aromatic nitrogens is 5. The van der Waals surface area contributed by atoms with Crippen LogP contribution in [0.1, 0.15) is 25.0 Å². The molecule has 0 N–H and O–H groups in total. The normalized spacial score (nSPS) is 12.6. The molecular formula is C56H39N5. The fourth-order valence-corrected chi connectivity index (χ4v) is 8.68. The smallest absolute Gasteiger partial charge is 0.164 e. The topological polar surface area (TPSA) is 64.5 Å². The molecule has 1 aliphatic rings. The Morgan fingerprint density at radius 2 is 0.705 bits per heavy atom. The number of fused-ring (bicyclic) bond motifs is 4. The molecule has 61 heavy (non-hydrogen) atoms. The number of rotatable bonds is 7. The second-order valence-electron chi connectivity index (χ2n) is 16.2. The van der Waals surface area contributed by atoms with Crippen molar-refractivity contribution in [3.05, 3.63) is 211 Å². The van der Waals surface area contributed by atoms with Crippen molar-refractivity contribution in [1.82, 2.24) is 24.9 Å². The minimum Gasteiger partial charge on any atom is -0.228 e. The van der Waals surface area contributed by atoms with E-state index in [4.69, 9.17) is 24.9 Å². The molecule has 0 atom stereocenters. The Labute approximate surface area is 355 Å². The summed E-state index contributed by atoms with van der Waals surface area (Å²) in [6.45, 7) is 4.64. The first-order valence-electron chi connectivity index (χ1n) is 20.7. The van der Waals surface area contributed by atoms with Crippen LogP contribution in [-0.4, -0.2) is 24.9 Å². The summed E-state index contributed by atoms with van der Waals surface area (Å²) >= 11 is 0. The van der Waals surface area contributed by atoms with E-state index in [1.54, 1.807) is 0 Å². The summed E-state index contributed by atoms with van der Waals surface area (Å²) in [5.41, 5.74) is 14.6. The lowest BCUT2D eigenvalue weighted by molar-refractivity contribution is 0.661. The van der Waals surface area contributed by atoms with Crippen molar-refractivity contribution >= 4 is 10.8 Å². The van der Waals surface area contributed by atoms with Crippen LogP contribution in [0.3, 0.4) is 0 Å². The van der Waals surface area contributed by atoms with Gasteiger partial charge in [-0.05, 0) is 80.6 Å². The maximum Gasteiger partial charge on any atom is 0.164 e. The van der Waals surface area contributed by atoms with Crippen molar-refractivity contribution in [2.75, 3.05) is 0 Å². The van der Waals surface area contributed by atoms with Crippen LogP contribution in [0.15, 0.2) is 200 Å². The molecule has 2 aromatic heterocycles. The predicted molar refractivity (Wildman–Crippen MR) is 249 cm³/mol. The Morgan fingerprint density at radius 3 is 1.33 bits per heavy atom. The van der Waals surface area contributed by atoms with E-state index in [2.05, 4.69) is 159 Å². The molecule has 10 aromatic rings. The van der Waals surface area contributed by atoms with Crippen LogP contribution < -0.4 is 0 Å². The molecule has 1 aliphatic carbocycles. The molecule has 0 unspecified atom stereocenters. The Balaban J connectivity index is 0.993. The van der Waals surface area contributed by atoms with Crippen molar-refractivity contribution in [2.24, 2.45) is 0 Å². The van der Waals surface area contributed by atoms with Crippen LogP contribution in [0, 0.1) is 0 Å². The summed E-state index contributed by atoms with van der Waals surface area (Å²) in [6.07, 6.45) is 0. The van der Waals surface area contributed by atoms with Gasteiger partial charge in [0.05, 0.1) is 11.4 Å². The Bertz CT molecular complexity index is 3210. The zero-order chi connectivity index (χ0) is 40.9. The minimum atomic E-state index is -0.191. The van der Waals surface area contributed by atoms with E-state index in [-0.39, 0.29) is 5.41 Å². The summed E-state index contributed by atoms with van der Waals surface area (Å²) in [5.74, 6) is 2.58. The van der Waals surface area contributed by atoms with Gasteiger partial charge >= 0.3 is 0 Å². The third-order valence-electron chi connectivity index (χ3n) is 11.9. The highest BCUT2D eigenvalue weighted by Gasteiger charge is 2.36. The van der Waals surface area contributed by atoms with E-state index in [1.165, 1.54) is 33.0 Å². The fraction of sp³-hybridized carbons (Fsp3) is 0.0536. The van der Waals surface area contributed by atoms with E-state index in [9.17, 15) is 0 Å². The first-order chi connectivity index (χ1) is 29.9. The van der Waals surface area contributed by atoms with E-state index in [0.717, 1.165) is 55.9 Å². The fourth-order valence-electron chi connectivity index (χ4n) is 8.68. The van der Waals surface area contributed by atoms with Gasteiger partial charge in [0.15, 0.2) is 23.3 Å². The van der Waals surface area contributed by atoms with Crippen molar-refractivity contribution in [3.8, 4) is 90.3 Å². The summed E-state index contributed by atoms with van der Waals surface area (Å²) in [4.78, 5) is 25.5. The number of nitrogens with zero attached hydrogens (tertiary/aromatic N) is 5. The monoisotopic (exact) mass is 781 g/mol. The van der Waals surface area contributed by atoms with Crippen LogP contribution >= 0.6 is 0 Å². The number of hydrogen-bond acceptors (Lipinski definition) is 5. The SMILES string of the molecule is CC1(C)c2cc(-c3nc(-c4ccccc4)nc(-c4cccc(-c5cccc(-c6cc(-c7ccccc7)nc(-c7ccccc7)n6)c5)c4)n3)ccc2-c2cc3ccccc3cc21. The molecule has 11 rings (SSSR count). The maximum absolute atomic E-state index is 5.20. The third-order valence-corrected chi connectivity index (χ3v) is 11.9. The van der Waals surface area contributed by atoms with Crippen molar-refractivity contribution in [3.63, 3.8) is 0 Å². The van der Waals surface area contributed by atoms with Crippen LogP contribution in [0.2, 0.25) is 0 Å². The van der Waals surface area contributed by atoms with Gasteiger partial charge in [0, 0.05) is 38.8 Å². The van der Waals surface area contributed by atoms with Gasteiger partial charge in [0.1, 0.15) is 0 Å². The van der Waals surface area contributed by atoms with Gasteiger partial charge in [-0.25, -0.2) is 24.9 Å². The first kappa shape index (κ1) is 36.2. The summed E-state index contributed by atoms with van der Waals surface area (Å²) in [7, 11) is 0. The molecule has 0 bridgehead atoms. The Morgan fingerprint density at radius 1 is 0.279 bits per heavy atom. The molecule has 0 radical (unpaired) electrons. The molecule has 2 heterocycles. The summed E-state index contributed by atoms with van der Waals surface area (Å²) in [6, 6.07) is 69.7. The molecule has 288 valence electrons. The molecule has 0 saturated carbocycles. The van der Waals surface area contributed by atoms with Gasteiger partial charge in [-0.3, -0.25) is 0 Å². The second kappa shape index (κ2) is 14.7. The number of benzene rings is 8. The largest absolute Gasteiger partial charge is 0.228 e. The average molecular weight is 782 g/mol. The van der Waals surface area contributed by atoms with Crippen LogP contribution in [0.25, 0.3) is 101 Å². The summed E-state index contributed by atoms with van der Waals surface area (Å²) < 4.78 is 0. The molecule has 0 amide bonds.